The van der Waals surface area contributed by atoms with Crippen LogP contribution in [0.15, 0.2) is 84.2 Å². The maximum Gasteiger partial charge on any atom is 0.270 e. The smallest absolute Gasteiger partial charge is 0.270 e. The minimum atomic E-state index is -0.964. The van der Waals surface area contributed by atoms with Gasteiger partial charge in [-0.05, 0) is 73.9 Å². The third-order valence-corrected chi connectivity index (χ3v) is 7.89. The molecule has 0 unspecified atom stereocenters. The van der Waals surface area contributed by atoms with Crippen LogP contribution in [0.5, 0.6) is 0 Å². The highest BCUT2D eigenvalue weighted by atomic mass is 35.5. The zero-order chi connectivity index (χ0) is 31.5. The lowest BCUT2D eigenvalue weighted by molar-refractivity contribution is -0.118. The molecule has 2 N–H and O–H groups in total. The van der Waals surface area contributed by atoms with Crippen LogP contribution in [0.2, 0.25) is 5.02 Å². The molecule has 0 bridgehead atoms. The van der Waals surface area contributed by atoms with Crippen LogP contribution in [-0.4, -0.2) is 41.8 Å². The maximum absolute atomic E-state index is 13.7. The zero-order valence-corrected chi connectivity index (χ0v) is 26.0. The molecule has 5 rings (SSSR count). The number of hydrogen-bond acceptors (Lipinski definition) is 5. The van der Waals surface area contributed by atoms with Gasteiger partial charge in [0.25, 0.3) is 11.5 Å². The molecule has 44 heavy (non-hydrogen) atoms. The Morgan fingerprint density at radius 1 is 0.955 bits per heavy atom. The second-order valence-corrected chi connectivity index (χ2v) is 11.4. The van der Waals surface area contributed by atoms with Gasteiger partial charge >= 0.3 is 0 Å². The highest BCUT2D eigenvalue weighted by molar-refractivity contribution is 6.31. The number of rotatable bonds is 9. The summed E-state index contributed by atoms with van der Waals surface area (Å²) in [6.07, 6.45) is 5.21. The number of carbonyl (C=O) groups is 2. The first-order valence-corrected chi connectivity index (χ1v) is 14.6. The number of aryl methyl sites for hydroxylation is 3. The van der Waals surface area contributed by atoms with Crippen LogP contribution < -0.4 is 16.2 Å². The minimum Gasteiger partial charge on any atom is -0.339 e. The van der Waals surface area contributed by atoms with Crippen LogP contribution in [0.4, 0.5) is 5.69 Å². The number of nitrogens with one attached hydrogen (secondary N) is 2. The summed E-state index contributed by atoms with van der Waals surface area (Å²) in [6.45, 7) is 5.84. The van der Waals surface area contributed by atoms with E-state index in [2.05, 4.69) is 20.7 Å². The van der Waals surface area contributed by atoms with Crippen molar-refractivity contribution in [3.05, 3.63) is 112 Å². The number of benzene rings is 2. The average molecular weight is 612 g/mol. The van der Waals surface area contributed by atoms with Crippen molar-refractivity contribution in [2.24, 2.45) is 14.1 Å². The van der Waals surface area contributed by atoms with E-state index in [0.717, 1.165) is 28.1 Å². The van der Waals surface area contributed by atoms with E-state index in [1.54, 1.807) is 36.1 Å². The highest BCUT2D eigenvalue weighted by Crippen LogP contribution is 2.27. The Kier molecular flexibility index (Phi) is 8.82. The quantitative estimate of drug-likeness (QED) is 0.239. The van der Waals surface area contributed by atoms with Crippen LogP contribution in [0.3, 0.4) is 0 Å². The second kappa shape index (κ2) is 12.7. The molecule has 0 spiro atoms. The Morgan fingerprint density at radius 3 is 2.30 bits per heavy atom. The Labute approximate surface area is 260 Å². The SMILES string of the molecule is Cc1ncn(C)c1-c1ccc(NC(=O)[C@H](Cc2cc(-c3ccc(=O)n(C(C)C)c3)ccc2Cl)NC(=O)c2ccnn2C)cc1. The van der Waals surface area contributed by atoms with Crippen molar-refractivity contribution >= 4 is 29.1 Å². The first-order valence-electron chi connectivity index (χ1n) is 14.2. The van der Waals surface area contributed by atoms with Crippen molar-refractivity contribution in [2.75, 3.05) is 5.32 Å². The molecule has 3 heterocycles. The molecule has 11 heteroatoms. The molecular weight excluding hydrogens is 578 g/mol. The fourth-order valence-corrected chi connectivity index (χ4v) is 5.34. The predicted molar refractivity (Wildman–Crippen MR) is 172 cm³/mol. The van der Waals surface area contributed by atoms with E-state index < -0.39 is 17.9 Å². The summed E-state index contributed by atoms with van der Waals surface area (Å²) in [5, 5.41) is 10.3. The van der Waals surface area contributed by atoms with Crippen molar-refractivity contribution < 1.29 is 9.59 Å². The fourth-order valence-electron chi connectivity index (χ4n) is 5.15. The first-order chi connectivity index (χ1) is 21.0. The lowest BCUT2D eigenvalue weighted by Crippen LogP contribution is -2.45. The summed E-state index contributed by atoms with van der Waals surface area (Å²) < 4.78 is 5.05. The third-order valence-electron chi connectivity index (χ3n) is 7.52. The van der Waals surface area contributed by atoms with E-state index in [1.807, 2.05) is 75.0 Å². The van der Waals surface area contributed by atoms with E-state index in [0.29, 0.717) is 22.0 Å². The van der Waals surface area contributed by atoms with Crippen LogP contribution in [0, 0.1) is 6.92 Å². The molecule has 2 aromatic carbocycles. The van der Waals surface area contributed by atoms with Gasteiger partial charge < -0.3 is 19.8 Å². The molecule has 1 atom stereocenters. The lowest BCUT2D eigenvalue weighted by Gasteiger charge is -2.20. The van der Waals surface area contributed by atoms with Gasteiger partial charge in [0.15, 0.2) is 0 Å². The normalized spacial score (nSPS) is 11.9. The molecule has 10 nitrogen and oxygen atoms in total. The monoisotopic (exact) mass is 611 g/mol. The van der Waals surface area contributed by atoms with Gasteiger partial charge in [-0.15, -0.1) is 0 Å². The Balaban J connectivity index is 1.43. The van der Waals surface area contributed by atoms with Crippen molar-refractivity contribution in [1.29, 1.82) is 0 Å². The Hall–Kier alpha value is -4.96. The second-order valence-electron chi connectivity index (χ2n) is 11.0. The number of nitrogens with zero attached hydrogens (tertiary/aromatic N) is 5. The lowest BCUT2D eigenvalue weighted by atomic mass is 9.99. The molecule has 0 aliphatic rings. The molecular formula is C33H34ClN7O3. The van der Waals surface area contributed by atoms with Gasteiger partial charge in [0.2, 0.25) is 5.91 Å². The topological polar surface area (TPSA) is 116 Å². The Bertz CT molecular complexity index is 1870. The van der Waals surface area contributed by atoms with Gasteiger partial charge in [0, 0.05) is 61.3 Å². The molecule has 3 aromatic heterocycles. The van der Waals surface area contributed by atoms with Crippen molar-refractivity contribution in [2.45, 2.75) is 39.3 Å². The van der Waals surface area contributed by atoms with Gasteiger partial charge in [0.1, 0.15) is 11.7 Å². The summed E-state index contributed by atoms with van der Waals surface area (Å²) in [5.74, 6) is -0.844. The third kappa shape index (κ3) is 6.50. The standard InChI is InChI=1S/C33H34ClN7O3/c1-20(2)41-18-24(9-13-30(41)42)23-8-12-27(34)25(16-23)17-28(38-33(44)29-14-15-36-40(29)5)32(43)37-26-10-6-22(7-11-26)31-21(3)35-19-39(31)4/h6-16,18-20,28H,17H2,1-5H3,(H,37,43)(H,38,44)/t28-/m0/s1. The number of anilines is 1. The van der Waals surface area contributed by atoms with Crippen LogP contribution in [0.1, 0.15) is 41.6 Å². The fraction of sp³-hybridized carbons (Fsp3) is 0.242. The Morgan fingerprint density at radius 2 is 1.66 bits per heavy atom. The van der Waals surface area contributed by atoms with Crippen LogP contribution in [0.25, 0.3) is 22.4 Å². The van der Waals surface area contributed by atoms with E-state index in [9.17, 15) is 14.4 Å². The highest BCUT2D eigenvalue weighted by Gasteiger charge is 2.25. The van der Waals surface area contributed by atoms with Crippen LogP contribution >= 0.6 is 11.6 Å². The molecule has 5 aromatic rings. The summed E-state index contributed by atoms with van der Waals surface area (Å²) in [4.78, 5) is 43.6. The van der Waals surface area contributed by atoms with E-state index in [-0.39, 0.29) is 18.0 Å². The first kappa shape index (κ1) is 30.5. The van der Waals surface area contributed by atoms with E-state index >= 15 is 0 Å². The van der Waals surface area contributed by atoms with Gasteiger partial charge in [-0.2, -0.15) is 5.10 Å². The molecule has 0 radical (unpaired) electrons. The van der Waals surface area contributed by atoms with Crippen molar-refractivity contribution in [3.8, 4) is 22.4 Å². The molecule has 0 fully saturated rings. The zero-order valence-electron chi connectivity index (χ0n) is 25.2. The average Bonchev–Trinajstić information content (AvgIpc) is 3.58. The maximum atomic E-state index is 13.7. The number of halogens is 1. The number of carbonyl (C=O) groups excluding carboxylic acids is 2. The predicted octanol–water partition coefficient (Wildman–Crippen LogP) is 5.17. The summed E-state index contributed by atoms with van der Waals surface area (Å²) in [7, 11) is 3.59. The van der Waals surface area contributed by atoms with Crippen molar-refractivity contribution in [1.82, 2.24) is 29.2 Å². The summed E-state index contributed by atoms with van der Waals surface area (Å²) in [5.41, 5.74) is 6.00. The molecule has 2 amide bonds. The molecule has 0 aliphatic heterocycles. The number of imidazole rings is 1. The van der Waals surface area contributed by atoms with Crippen LogP contribution in [-0.2, 0) is 25.3 Å². The number of amides is 2. The number of aromatic nitrogens is 5. The minimum absolute atomic E-state index is 0.00765. The van der Waals surface area contributed by atoms with Gasteiger partial charge in [-0.25, -0.2) is 4.98 Å². The van der Waals surface area contributed by atoms with Crippen molar-refractivity contribution in [3.63, 3.8) is 0 Å². The largest absolute Gasteiger partial charge is 0.339 e. The van der Waals surface area contributed by atoms with Gasteiger partial charge in [-0.1, -0.05) is 29.8 Å². The molecule has 0 saturated carbocycles. The number of pyridine rings is 1. The van der Waals surface area contributed by atoms with Gasteiger partial charge in [0.05, 0.1) is 17.7 Å². The number of hydrogen-bond donors (Lipinski definition) is 2. The molecule has 0 aliphatic carbocycles. The molecule has 226 valence electrons. The van der Waals surface area contributed by atoms with E-state index in [4.69, 9.17) is 11.6 Å². The molecule has 0 saturated heterocycles. The van der Waals surface area contributed by atoms with E-state index in [1.165, 1.54) is 16.9 Å². The summed E-state index contributed by atoms with van der Waals surface area (Å²) in [6, 6.07) is 16.9. The van der Waals surface area contributed by atoms with Gasteiger partial charge in [-0.3, -0.25) is 19.1 Å². The summed E-state index contributed by atoms with van der Waals surface area (Å²) >= 11 is 6.63.